The van der Waals surface area contributed by atoms with E-state index in [-0.39, 0.29) is 12.1 Å². The molecule has 1 fully saturated rings. The molecule has 0 bridgehead atoms. The van der Waals surface area contributed by atoms with Gasteiger partial charge in [-0.2, -0.15) is 5.26 Å². The molecule has 1 N–H and O–H groups in total. The topological polar surface area (TPSA) is 59.4 Å². The smallest absolute Gasteiger partial charge is 0.320 e. The molecule has 4 rings (SSSR count). The van der Waals surface area contributed by atoms with Crippen molar-refractivity contribution >= 4 is 40.5 Å². The largest absolute Gasteiger partial charge is 0.322 e. The van der Waals surface area contributed by atoms with E-state index in [1.807, 2.05) is 29.2 Å². The Morgan fingerprint density at radius 1 is 1.12 bits per heavy atom. The molecule has 2 aromatic rings. The van der Waals surface area contributed by atoms with Gasteiger partial charge in [0.2, 0.25) is 0 Å². The summed E-state index contributed by atoms with van der Waals surface area (Å²) < 4.78 is 0. The summed E-state index contributed by atoms with van der Waals surface area (Å²) in [5.41, 5.74) is 3.69. The van der Waals surface area contributed by atoms with Crippen molar-refractivity contribution in [3.63, 3.8) is 0 Å². The Bertz CT molecular complexity index is 1030. The van der Waals surface area contributed by atoms with Crippen molar-refractivity contribution in [2.75, 3.05) is 31.5 Å². The molecule has 1 aliphatic carbocycles. The van der Waals surface area contributed by atoms with Crippen LogP contribution in [0.5, 0.6) is 0 Å². The molecule has 2 aliphatic rings. The fraction of sp³-hybridized carbons (Fsp3) is 0.385. The number of likely N-dealkylation sites (tertiary alicyclic amines) is 1. The summed E-state index contributed by atoms with van der Waals surface area (Å²) in [5.74, 6) is 0. The second-order valence-corrected chi connectivity index (χ2v) is 9.55. The number of hydrogen-bond donors (Lipinski definition) is 1. The summed E-state index contributed by atoms with van der Waals surface area (Å²) in [6, 6.07) is 15.0. The van der Waals surface area contributed by atoms with Crippen molar-refractivity contribution in [2.45, 2.75) is 38.1 Å². The highest BCUT2D eigenvalue weighted by Crippen LogP contribution is 2.30. The number of benzene rings is 2. The number of halogens is 2. The summed E-state index contributed by atoms with van der Waals surface area (Å²) in [6.07, 6.45) is 7.30. The number of hydrogen-bond acceptors (Lipinski definition) is 3. The van der Waals surface area contributed by atoms with Crippen LogP contribution >= 0.6 is 23.2 Å². The maximum absolute atomic E-state index is 13.3. The zero-order valence-corrected chi connectivity index (χ0v) is 20.1. The molecule has 33 heavy (non-hydrogen) atoms. The lowest BCUT2D eigenvalue weighted by Gasteiger charge is -2.35. The van der Waals surface area contributed by atoms with E-state index in [1.54, 1.807) is 18.2 Å². The molecule has 1 aliphatic heterocycles. The highest BCUT2D eigenvalue weighted by atomic mass is 35.5. The number of nitriles is 1. The van der Waals surface area contributed by atoms with Gasteiger partial charge in [-0.25, -0.2) is 4.79 Å². The van der Waals surface area contributed by atoms with Crippen molar-refractivity contribution in [3.05, 3.63) is 69.7 Å². The second-order valence-electron chi connectivity index (χ2n) is 8.68. The summed E-state index contributed by atoms with van der Waals surface area (Å²) >= 11 is 12.2. The number of carbonyl (C=O) groups is 1. The average Bonchev–Trinajstić information content (AvgIpc) is 3.33. The molecular weight excluding hydrogens is 455 g/mol. The Kier molecular flexibility index (Phi) is 7.93. The first-order valence-corrected chi connectivity index (χ1v) is 12.2. The van der Waals surface area contributed by atoms with E-state index in [1.165, 1.54) is 18.4 Å². The minimum absolute atomic E-state index is 0.118. The number of rotatable bonds is 6. The molecule has 172 valence electrons. The van der Waals surface area contributed by atoms with Crippen molar-refractivity contribution in [2.24, 2.45) is 0 Å². The second kappa shape index (κ2) is 11.1. The van der Waals surface area contributed by atoms with Gasteiger partial charge >= 0.3 is 6.03 Å². The Hall–Kier alpha value is -2.52. The molecule has 0 aromatic heterocycles. The van der Waals surface area contributed by atoms with Crippen molar-refractivity contribution < 1.29 is 4.79 Å². The molecule has 5 nitrogen and oxygen atoms in total. The van der Waals surface area contributed by atoms with Crippen LogP contribution in [0.25, 0.3) is 5.57 Å². The average molecular weight is 483 g/mol. The third kappa shape index (κ3) is 6.29. The minimum atomic E-state index is -0.118. The molecule has 0 saturated carbocycles. The van der Waals surface area contributed by atoms with Crippen molar-refractivity contribution in [1.82, 2.24) is 9.80 Å². The maximum Gasteiger partial charge on any atom is 0.322 e. The van der Waals surface area contributed by atoms with Crippen molar-refractivity contribution in [1.29, 1.82) is 5.26 Å². The SMILES string of the molecule is N#Cc1ccc(C2=CCC(N(CCN3CCCC3)C(=O)Nc3cc(Cl)cc(Cl)c3)CC2)cc1. The highest BCUT2D eigenvalue weighted by Gasteiger charge is 2.27. The third-order valence-corrected chi connectivity index (χ3v) is 6.88. The van der Waals surface area contributed by atoms with Gasteiger partial charge in [-0.1, -0.05) is 41.4 Å². The lowest BCUT2D eigenvalue weighted by Crippen LogP contribution is -2.47. The van der Waals surface area contributed by atoms with Crippen LogP contribution in [0.1, 0.15) is 43.2 Å². The van der Waals surface area contributed by atoms with Crippen LogP contribution in [-0.2, 0) is 0 Å². The Morgan fingerprint density at radius 3 is 2.42 bits per heavy atom. The predicted molar refractivity (Wildman–Crippen MR) is 135 cm³/mol. The van der Waals surface area contributed by atoms with Crippen LogP contribution in [0.3, 0.4) is 0 Å². The Morgan fingerprint density at radius 2 is 1.82 bits per heavy atom. The fourth-order valence-corrected chi connectivity index (χ4v) is 5.18. The quantitative estimate of drug-likeness (QED) is 0.515. The molecule has 7 heteroatoms. The number of amides is 2. The fourth-order valence-electron chi connectivity index (χ4n) is 4.65. The number of anilines is 1. The first kappa shape index (κ1) is 23.6. The number of nitrogens with one attached hydrogen (secondary N) is 1. The van der Waals surface area contributed by atoms with Gasteiger partial charge in [0.1, 0.15) is 0 Å². The number of nitrogens with zero attached hydrogens (tertiary/aromatic N) is 3. The van der Waals surface area contributed by atoms with Gasteiger partial charge in [0.25, 0.3) is 0 Å². The third-order valence-electron chi connectivity index (χ3n) is 6.44. The lowest BCUT2D eigenvalue weighted by atomic mass is 9.89. The minimum Gasteiger partial charge on any atom is -0.320 e. The van der Waals surface area contributed by atoms with Gasteiger partial charge in [-0.15, -0.1) is 0 Å². The van der Waals surface area contributed by atoms with Crippen LogP contribution in [0.2, 0.25) is 10.0 Å². The summed E-state index contributed by atoms with van der Waals surface area (Å²) in [6.45, 7) is 3.77. The van der Waals surface area contributed by atoms with E-state index in [9.17, 15) is 4.79 Å². The number of allylic oxidation sites excluding steroid dienone is 1. The zero-order valence-electron chi connectivity index (χ0n) is 18.6. The van der Waals surface area contributed by atoms with Gasteiger partial charge in [0.15, 0.2) is 0 Å². The van der Waals surface area contributed by atoms with Crippen LogP contribution in [0, 0.1) is 11.3 Å². The maximum atomic E-state index is 13.3. The first-order valence-electron chi connectivity index (χ1n) is 11.5. The van der Waals surface area contributed by atoms with Crippen LogP contribution in [0.4, 0.5) is 10.5 Å². The van der Waals surface area contributed by atoms with E-state index in [0.29, 0.717) is 27.8 Å². The van der Waals surface area contributed by atoms with Gasteiger partial charge in [-0.05, 0) is 86.7 Å². The molecule has 1 heterocycles. The monoisotopic (exact) mass is 482 g/mol. The molecule has 0 spiro atoms. The number of urea groups is 1. The molecule has 2 aromatic carbocycles. The Labute approximate surface area is 205 Å². The van der Waals surface area contributed by atoms with Gasteiger partial charge in [0, 0.05) is 34.9 Å². The summed E-state index contributed by atoms with van der Waals surface area (Å²) in [4.78, 5) is 17.7. The normalized spacial score (nSPS) is 18.5. The molecule has 2 amide bonds. The van der Waals surface area contributed by atoms with E-state index in [4.69, 9.17) is 28.5 Å². The zero-order chi connectivity index (χ0) is 23.2. The van der Waals surface area contributed by atoms with Gasteiger partial charge < -0.3 is 15.1 Å². The highest BCUT2D eigenvalue weighted by molar-refractivity contribution is 6.35. The molecular formula is C26H28Cl2N4O. The van der Waals surface area contributed by atoms with E-state index in [0.717, 1.165) is 44.5 Å². The van der Waals surface area contributed by atoms with E-state index < -0.39 is 0 Å². The van der Waals surface area contributed by atoms with Gasteiger partial charge in [-0.3, -0.25) is 0 Å². The summed E-state index contributed by atoms with van der Waals surface area (Å²) in [7, 11) is 0. The molecule has 1 saturated heterocycles. The predicted octanol–water partition coefficient (Wildman–Crippen LogP) is 6.43. The summed E-state index contributed by atoms with van der Waals surface area (Å²) in [5, 5.41) is 13.0. The standard InChI is InChI=1S/C26H28Cl2N4O/c27-22-15-23(28)17-24(16-22)30-26(33)32(14-13-31-11-1-2-12-31)25-9-7-21(8-10-25)20-5-3-19(18-29)4-6-20/h3-7,15-17,25H,1-2,8-14H2,(H,30,33). The molecule has 1 atom stereocenters. The Balaban J connectivity index is 1.47. The van der Waals surface area contributed by atoms with Crippen LogP contribution in [0.15, 0.2) is 48.5 Å². The molecule has 0 radical (unpaired) electrons. The molecule has 1 unspecified atom stereocenters. The first-order chi connectivity index (χ1) is 16.0. The van der Waals surface area contributed by atoms with Gasteiger partial charge in [0.05, 0.1) is 11.6 Å². The van der Waals surface area contributed by atoms with Crippen LogP contribution in [-0.4, -0.2) is 48.1 Å². The van der Waals surface area contributed by atoms with E-state index >= 15 is 0 Å². The van der Waals surface area contributed by atoms with Crippen LogP contribution < -0.4 is 5.32 Å². The van der Waals surface area contributed by atoms with Crippen molar-refractivity contribution in [3.8, 4) is 6.07 Å². The lowest BCUT2D eigenvalue weighted by molar-refractivity contribution is 0.170. The number of carbonyl (C=O) groups excluding carboxylic acids is 1. The van der Waals surface area contributed by atoms with E-state index in [2.05, 4.69) is 22.4 Å².